The van der Waals surface area contributed by atoms with Crippen molar-refractivity contribution in [3.63, 3.8) is 0 Å². The smallest absolute Gasteiger partial charge is 0.342 e. The first-order chi connectivity index (χ1) is 12.6. The van der Waals surface area contributed by atoms with Gasteiger partial charge in [-0.05, 0) is 30.5 Å². The molecule has 0 saturated carbocycles. The van der Waals surface area contributed by atoms with Crippen LogP contribution in [0.15, 0.2) is 42.9 Å². The highest BCUT2D eigenvalue weighted by molar-refractivity contribution is 5.91. The van der Waals surface area contributed by atoms with Gasteiger partial charge in [0.15, 0.2) is 5.69 Å². The highest BCUT2D eigenvalue weighted by Crippen LogP contribution is 2.12. The second-order valence-corrected chi connectivity index (χ2v) is 5.95. The van der Waals surface area contributed by atoms with Gasteiger partial charge < -0.3 is 4.74 Å². The molecule has 3 aromatic rings. The summed E-state index contributed by atoms with van der Waals surface area (Å²) in [6.45, 7) is 5.17. The molecule has 132 valence electrons. The summed E-state index contributed by atoms with van der Waals surface area (Å²) in [6, 6.07) is 10.0. The molecule has 7 nitrogen and oxygen atoms in total. The predicted octanol–water partition coefficient (Wildman–Crippen LogP) is 2.53. The summed E-state index contributed by atoms with van der Waals surface area (Å²) in [6.07, 6.45) is 5.38. The van der Waals surface area contributed by atoms with E-state index in [9.17, 15) is 4.79 Å². The summed E-state index contributed by atoms with van der Waals surface area (Å²) in [7, 11) is 0. The van der Waals surface area contributed by atoms with Crippen molar-refractivity contribution in [2.45, 2.75) is 26.9 Å². The van der Waals surface area contributed by atoms with Crippen LogP contribution in [-0.4, -0.2) is 32.1 Å². The molecule has 0 aliphatic rings. The molecule has 7 heteroatoms. The Morgan fingerprint density at radius 3 is 2.35 bits per heavy atom. The summed E-state index contributed by atoms with van der Waals surface area (Å²) in [5.74, 6) is -0.528. The second kappa shape index (κ2) is 7.66. The van der Waals surface area contributed by atoms with Crippen molar-refractivity contribution in [3.05, 3.63) is 70.8 Å². The van der Waals surface area contributed by atoms with Gasteiger partial charge in [-0.3, -0.25) is 9.36 Å². The maximum Gasteiger partial charge on any atom is 0.342 e. The Morgan fingerprint density at radius 1 is 1.15 bits per heavy atom. The van der Waals surface area contributed by atoms with E-state index >= 15 is 0 Å². The molecule has 0 aliphatic heterocycles. The van der Waals surface area contributed by atoms with Crippen LogP contribution in [0.25, 0.3) is 0 Å². The molecule has 0 N–H and O–H groups in total. The van der Waals surface area contributed by atoms with E-state index < -0.39 is 5.97 Å². The Morgan fingerprint density at radius 2 is 1.81 bits per heavy atom. The summed E-state index contributed by atoms with van der Waals surface area (Å²) < 4.78 is 8.43. The van der Waals surface area contributed by atoms with E-state index in [1.807, 2.05) is 54.3 Å². The minimum absolute atomic E-state index is 0.0779. The van der Waals surface area contributed by atoms with E-state index in [2.05, 4.69) is 10.2 Å². The first-order valence-electron chi connectivity index (χ1n) is 8.30. The zero-order valence-electron chi connectivity index (χ0n) is 14.7. The van der Waals surface area contributed by atoms with E-state index in [1.165, 1.54) is 0 Å². The third-order valence-corrected chi connectivity index (χ3v) is 3.84. The standard InChI is InChI=1S/C19H19N5O2/c1-3-26-19(25)17-13-24(22-18(17)8-20)12-16-6-4-15(5-7-16)11-23-10-14(2)9-21-23/h4-7,9-10,13H,3,11-12H2,1-2H3. The van der Waals surface area contributed by atoms with Gasteiger partial charge in [0.25, 0.3) is 0 Å². The molecule has 0 amide bonds. The molecule has 0 radical (unpaired) electrons. The molecule has 0 fully saturated rings. The lowest BCUT2D eigenvalue weighted by Crippen LogP contribution is -2.05. The van der Waals surface area contributed by atoms with E-state index in [-0.39, 0.29) is 17.9 Å². The summed E-state index contributed by atoms with van der Waals surface area (Å²) in [5.41, 5.74) is 3.56. The van der Waals surface area contributed by atoms with Crippen molar-refractivity contribution in [1.29, 1.82) is 5.26 Å². The quantitative estimate of drug-likeness (QED) is 0.638. The molecular weight excluding hydrogens is 330 g/mol. The van der Waals surface area contributed by atoms with E-state index in [0.717, 1.165) is 16.7 Å². The van der Waals surface area contributed by atoms with E-state index in [0.29, 0.717) is 13.1 Å². The summed E-state index contributed by atoms with van der Waals surface area (Å²) >= 11 is 0. The number of hydrogen-bond donors (Lipinski definition) is 0. The average molecular weight is 349 g/mol. The molecule has 2 heterocycles. The van der Waals surface area contributed by atoms with Gasteiger partial charge in [-0.25, -0.2) is 4.79 Å². The van der Waals surface area contributed by atoms with Gasteiger partial charge in [-0.1, -0.05) is 24.3 Å². The molecule has 1 aromatic carbocycles. The average Bonchev–Trinajstić information content (AvgIpc) is 3.23. The fourth-order valence-electron chi connectivity index (χ4n) is 2.62. The highest BCUT2D eigenvalue weighted by atomic mass is 16.5. The van der Waals surface area contributed by atoms with E-state index in [1.54, 1.807) is 17.8 Å². The number of benzene rings is 1. The van der Waals surface area contributed by atoms with Gasteiger partial charge in [0.2, 0.25) is 0 Å². The fourth-order valence-corrected chi connectivity index (χ4v) is 2.62. The lowest BCUT2D eigenvalue weighted by molar-refractivity contribution is 0.0526. The van der Waals surface area contributed by atoms with Crippen LogP contribution in [0.1, 0.15) is 39.7 Å². The molecular formula is C19H19N5O2. The number of hydrogen-bond acceptors (Lipinski definition) is 5. The molecule has 0 atom stereocenters. The third kappa shape index (κ3) is 3.98. The Bertz CT molecular complexity index is 947. The van der Waals surface area contributed by atoms with Gasteiger partial charge in [0.05, 0.1) is 25.9 Å². The van der Waals surface area contributed by atoms with Crippen molar-refractivity contribution >= 4 is 5.97 Å². The van der Waals surface area contributed by atoms with Crippen LogP contribution in [0.3, 0.4) is 0 Å². The van der Waals surface area contributed by atoms with Gasteiger partial charge in [0, 0.05) is 12.4 Å². The molecule has 26 heavy (non-hydrogen) atoms. The Hall–Kier alpha value is -3.40. The highest BCUT2D eigenvalue weighted by Gasteiger charge is 2.17. The molecule has 0 bridgehead atoms. The molecule has 0 unspecified atom stereocenters. The number of carbonyl (C=O) groups excluding carboxylic acids is 1. The van der Waals surface area contributed by atoms with Crippen molar-refractivity contribution in [3.8, 4) is 6.07 Å². The van der Waals surface area contributed by atoms with Crippen LogP contribution in [0, 0.1) is 18.3 Å². The maximum absolute atomic E-state index is 11.9. The van der Waals surface area contributed by atoms with Crippen LogP contribution >= 0.6 is 0 Å². The lowest BCUT2D eigenvalue weighted by Gasteiger charge is -2.05. The lowest BCUT2D eigenvalue weighted by atomic mass is 10.1. The molecule has 3 rings (SSSR count). The van der Waals surface area contributed by atoms with Crippen LogP contribution in [-0.2, 0) is 17.8 Å². The van der Waals surface area contributed by atoms with Gasteiger partial charge in [-0.15, -0.1) is 0 Å². The predicted molar refractivity (Wildman–Crippen MR) is 94.5 cm³/mol. The van der Waals surface area contributed by atoms with Gasteiger partial charge in [-0.2, -0.15) is 15.5 Å². The molecule has 0 spiro atoms. The molecule has 2 aromatic heterocycles. The Kier molecular flexibility index (Phi) is 5.13. The van der Waals surface area contributed by atoms with Crippen LogP contribution in [0.2, 0.25) is 0 Å². The Labute approximate surface area is 151 Å². The minimum atomic E-state index is -0.528. The number of carbonyl (C=O) groups is 1. The Balaban J connectivity index is 1.71. The van der Waals surface area contributed by atoms with Crippen molar-refractivity contribution in [2.75, 3.05) is 6.61 Å². The van der Waals surface area contributed by atoms with Crippen LogP contribution in [0.5, 0.6) is 0 Å². The number of rotatable bonds is 6. The van der Waals surface area contributed by atoms with Crippen LogP contribution in [0.4, 0.5) is 0 Å². The number of aromatic nitrogens is 4. The summed E-state index contributed by atoms with van der Waals surface area (Å²) in [5, 5.41) is 17.6. The first-order valence-corrected chi connectivity index (χ1v) is 8.30. The largest absolute Gasteiger partial charge is 0.462 e. The number of aryl methyl sites for hydroxylation is 1. The minimum Gasteiger partial charge on any atom is -0.462 e. The third-order valence-electron chi connectivity index (χ3n) is 3.84. The number of nitriles is 1. The zero-order valence-corrected chi connectivity index (χ0v) is 14.7. The SMILES string of the molecule is CCOC(=O)c1cn(Cc2ccc(Cn3cc(C)cn3)cc2)nc1C#N. The number of nitrogens with zero attached hydrogens (tertiary/aromatic N) is 5. The van der Waals surface area contributed by atoms with Crippen molar-refractivity contribution in [1.82, 2.24) is 19.6 Å². The fraction of sp³-hybridized carbons (Fsp3) is 0.263. The monoisotopic (exact) mass is 349 g/mol. The number of ether oxygens (including phenoxy) is 1. The van der Waals surface area contributed by atoms with Crippen molar-refractivity contribution < 1.29 is 9.53 Å². The maximum atomic E-state index is 11.9. The zero-order chi connectivity index (χ0) is 18.5. The second-order valence-electron chi connectivity index (χ2n) is 5.95. The van der Waals surface area contributed by atoms with Gasteiger partial charge in [0.1, 0.15) is 11.6 Å². The molecule has 0 aliphatic carbocycles. The summed E-state index contributed by atoms with van der Waals surface area (Å²) in [4.78, 5) is 11.9. The van der Waals surface area contributed by atoms with Crippen molar-refractivity contribution in [2.24, 2.45) is 0 Å². The van der Waals surface area contributed by atoms with E-state index in [4.69, 9.17) is 10.00 Å². The van der Waals surface area contributed by atoms with Crippen LogP contribution < -0.4 is 0 Å². The normalized spacial score (nSPS) is 10.5. The molecule has 0 saturated heterocycles. The van der Waals surface area contributed by atoms with Gasteiger partial charge >= 0.3 is 5.97 Å². The topological polar surface area (TPSA) is 85.7 Å². The number of esters is 1. The first kappa shape index (κ1) is 17.4.